The van der Waals surface area contributed by atoms with E-state index in [1.165, 1.54) is 5.56 Å². The molecule has 4 rings (SSSR count). The molecule has 1 aliphatic heterocycles. The molecule has 0 aliphatic carbocycles. The Morgan fingerprint density at radius 1 is 1.28 bits per heavy atom. The number of hydrazone groups is 2. The predicted octanol–water partition coefficient (Wildman–Crippen LogP) is 4.19. The summed E-state index contributed by atoms with van der Waals surface area (Å²) in [5.41, 5.74) is 6.31. The molecule has 1 aromatic carbocycles. The largest absolute Gasteiger partial charge is 0.378 e. The van der Waals surface area contributed by atoms with E-state index in [2.05, 4.69) is 59.3 Å². The lowest BCUT2D eigenvalue weighted by molar-refractivity contribution is 0.122. The highest BCUT2D eigenvalue weighted by molar-refractivity contribution is 7.19. The zero-order valence-electron chi connectivity index (χ0n) is 18.6. The van der Waals surface area contributed by atoms with Crippen molar-refractivity contribution in [3.8, 4) is 0 Å². The molecule has 1 N–H and O–H groups in total. The third kappa shape index (κ3) is 5.12. The monoisotopic (exact) mass is 449 g/mol. The number of thiophene rings is 1. The van der Waals surface area contributed by atoms with Crippen molar-refractivity contribution in [3.63, 3.8) is 0 Å². The zero-order chi connectivity index (χ0) is 22.5. The first-order valence-corrected chi connectivity index (χ1v) is 11.2. The SMILES string of the molecule is C=NN(C)/C=C(\C)c1cc2c(N3CCOCC3)nc(N/N=C/c3cccc(C)c3)nc2s1. The molecule has 166 valence electrons. The standard InChI is InChI=1S/C23H27N7OS/c1-16-6-5-7-18(12-16)14-25-28-23-26-21(30-8-10-31-11-9-30)19-13-20(32-22(19)27-23)17(2)15-29(4)24-3/h5-7,12-15H,3,8-11H2,1-2,4H3,(H,26,27,28)/b17-15+,25-14+. The number of benzene rings is 1. The molecule has 32 heavy (non-hydrogen) atoms. The minimum Gasteiger partial charge on any atom is -0.378 e. The third-order valence-electron chi connectivity index (χ3n) is 5.10. The second-order valence-corrected chi connectivity index (χ2v) is 8.64. The summed E-state index contributed by atoms with van der Waals surface area (Å²) >= 11 is 1.62. The van der Waals surface area contributed by atoms with Gasteiger partial charge in [-0.2, -0.15) is 15.2 Å². The Hall–Kier alpha value is -3.30. The van der Waals surface area contributed by atoms with Crippen molar-refractivity contribution >= 4 is 51.8 Å². The molecule has 1 fully saturated rings. The van der Waals surface area contributed by atoms with Crippen molar-refractivity contribution in [1.82, 2.24) is 15.0 Å². The van der Waals surface area contributed by atoms with Gasteiger partial charge in [-0.05, 0) is 31.1 Å². The first-order valence-electron chi connectivity index (χ1n) is 10.4. The zero-order valence-corrected chi connectivity index (χ0v) is 19.4. The number of morpholine rings is 1. The van der Waals surface area contributed by atoms with Gasteiger partial charge in [0.15, 0.2) is 0 Å². The maximum absolute atomic E-state index is 5.53. The van der Waals surface area contributed by atoms with E-state index in [4.69, 9.17) is 14.7 Å². The molecule has 0 radical (unpaired) electrons. The van der Waals surface area contributed by atoms with Crippen LogP contribution in [0, 0.1) is 6.92 Å². The molecule has 0 saturated carbocycles. The fourth-order valence-corrected chi connectivity index (χ4v) is 4.46. The predicted molar refractivity (Wildman–Crippen MR) is 134 cm³/mol. The number of nitrogens with zero attached hydrogens (tertiary/aromatic N) is 6. The van der Waals surface area contributed by atoms with Crippen LogP contribution in [-0.4, -0.2) is 61.3 Å². The topological polar surface area (TPSA) is 78.2 Å². The summed E-state index contributed by atoms with van der Waals surface area (Å²) in [5, 5.41) is 11.0. The molecular weight excluding hydrogens is 422 g/mol. The van der Waals surface area contributed by atoms with Crippen LogP contribution in [0.25, 0.3) is 15.8 Å². The van der Waals surface area contributed by atoms with Gasteiger partial charge in [-0.15, -0.1) is 11.3 Å². The number of anilines is 2. The number of fused-ring (bicyclic) bond motifs is 1. The summed E-state index contributed by atoms with van der Waals surface area (Å²) in [4.78, 5) is 13.8. The van der Waals surface area contributed by atoms with Crippen LogP contribution < -0.4 is 10.3 Å². The van der Waals surface area contributed by atoms with Crippen LogP contribution in [0.1, 0.15) is 22.9 Å². The van der Waals surface area contributed by atoms with Crippen molar-refractivity contribution < 1.29 is 4.74 Å². The number of hydrogen-bond acceptors (Lipinski definition) is 9. The Morgan fingerprint density at radius 2 is 2.09 bits per heavy atom. The van der Waals surface area contributed by atoms with Crippen molar-refractivity contribution in [1.29, 1.82) is 0 Å². The number of aryl methyl sites for hydroxylation is 1. The second kappa shape index (κ2) is 9.88. The van der Waals surface area contributed by atoms with Crippen molar-refractivity contribution in [2.24, 2.45) is 10.2 Å². The van der Waals surface area contributed by atoms with Crippen LogP contribution in [0.15, 0.2) is 46.7 Å². The number of allylic oxidation sites excluding steroid dienone is 1. The van der Waals surface area contributed by atoms with E-state index < -0.39 is 0 Å². The van der Waals surface area contributed by atoms with Gasteiger partial charge < -0.3 is 9.64 Å². The lowest BCUT2D eigenvalue weighted by atomic mass is 10.2. The normalized spacial score (nSPS) is 14.8. The molecule has 9 heteroatoms. The van der Waals surface area contributed by atoms with Gasteiger partial charge in [-0.1, -0.05) is 29.8 Å². The molecule has 2 aromatic heterocycles. The van der Waals surface area contributed by atoms with E-state index in [1.807, 2.05) is 25.4 Å². The lowest BCUT2D eigenvalue weighted by Crippen LogP contribution is -2.37. The van der Waals surface area contributed by atoms with E-state index in [9.17, 15) is 0 Å². The van der Waals surface area contributed by atoms with Crippen molar-refractivity contribution in [2.75, 3.05) is 43.7 Å². The summed E-state index contributed by atoms with van der Waals surface area (Å²) in [7, 11) is 1.86. The molecule has 0 unspecified atom stereocenters. The average Bonchev–Trinajstić information content (AvgIpc) is 3.23. The third-order valence-corrected chi connectivity index (χ3v) is 6.26. The Morgan fingerprint density at radius 3 is 2.84 bits per heavy atom. The number of aromatic nitrogens is 2. The second-order valence-electron chi connectivity index (χ2n) is 7.61. The summed E-state index contributed by atoms with van der Waals surface area (Å²) in [6.45, 7) is 10.6. The number of ether oxygens (including phenoxy) is 1. The van der Waals surface area contributed by atoms with Gasteiger partial charge in [-0.3, -0.25) is 5.01 Å². The van der Waals surface area contributed by atoms with Gasteiger partial charge in [0.2, 0.25) is 5.95 Å². The minimum atomic E-state index is 0.475. The van der Waals surface area contributed by atoms with Crippen molar-refractivity contribution in [3.05, 3.63) is 52.5 Å². The van der Waals surface area contributed by atoms with Crippen LogP contribution in [0.5, 0.6) is 0 Å². The summed E-state index contributed by atoms with van der Waals surface area (Å²) < 4.78 is 5.53. The Balaban J connectivity index is 1.68. The highest BCUT2D eigenvalue weighted by Crippen LogP contribution is 2.35. The van der Waals surface area contributed by atoms with Gasteiger partial charge in [-0.25, -0.2) is 10.4 Å². The first kappa shape index (κ1) is 21.9. The lowest BCUT2D eigenvalue weighted by Gasteiger charge is -2.28. The van der Waals surface area contributed by atoms with Crippen LogP contribution in [0.2, 0.25) is 0 Å². The highest BCUT2D eigenvalue weighted by atomic mass is 32.1. The molecule has 0 spiro atoms. The average molecular weight is 450 g/mol. The molecule has 0 bridgehead atoms. The summed E-state index contributed by atoms with van der Waals surface area (Å²) in [6.07, 6.45) is 3.73. The van der Waals surface area contributed by atoms with Crippen LogP contribution in [0.3, 0.4) is 0 Å². The van der Waals surface area contributed by atoms with Gasteiger partial charge >= 0.3 is 0 Å². The van der Waals surface area contributed by atoms with E-state index in [-0.39, 0.29) is 0 Å². The Bertz CT molecular complexity index is 1160. The maximum atomic E-state index is 5.53. The van der Waals surface area contributed by atoms with E-state index in [1.54, 1.807) is 22.6 Å². The molecule has 3 aromatic rings. The van der Waals surface area contributed by atoms with E-state index >= 15 is 0 Å². The summed E-state index contributed by atoms with van der Waals surface area (Å²) in [5.74, 6) is 1.37. The molecule has 3 heterocycles. The van der Waals surface area contributed by atoms with Gasteiger partial charge in [0.25, 0.3) is 0 Å². The smallest absolute Gasteiger partial charge is 0.246 e. The Kier molecular flexibility index (Phi) is 6.77. The Labute approximate surface area is 191 Å². The van der Waals surface area contributed by atoms with Gasteiger partial charge in [0, 0.05) is 37.9 Å². The fourth-order valence-electron chi connectivity index (χ4n) is 3.47. The van der Waals surface area contributed by atoms with Crippen molar-refractivity contribution in [2.45, 2.75) is 13.8 Å². The molecule has 0 amide bonds. The molecule has 0 atom stereocenters. The molecule has 1 saturated heterocycles. The molecule has 8 nitrogen and oxygen atoms in total. The van der Waals surface area contributed by atoms with E-state index in [0.717, 1.165) is 45.1 Å². The van der Waals surface area contributed by atoms with Gasteiger partial charge in [0.1, 0.15) is 10.6 Å². The molecule has 1 aliphatic rings. The number of hydrogen-bond donors (Lipinski definition) is 1. The van der Waals surface area contributed by atoms with Crippen LogP contribution in [0.4, 0.5) is 11.8 Å². The maximum Gasteiger partial charge on any atom is 0.246 e. The summed E-state index contributed by atoms with van der Waals surface area (Å²) in [6, 6.07) is 10.3. The van der Waals surface area contributed by atoms with E-state index in [0.29, 0.717) is 19.2 Å². The first-order chi connectivity index (χ1) is 15.5. The highest BCUT2D eigenvalue weighted by Gasteiger charge is 2.19. The van der Waals surface area contributed by atoms with Crippen LogP contribution >= 0.6 is 11.3 Å². The van der Waals surface area contributed by atoms with Crippen LogP contribution in [-0.2, 0) is 4.74 Å². The van der Waals surface area contributed by atoms with Gasteiger partial charge in [0.05, 0.1) is 24.8 Å². The fraction of sp³-hybridized carbons (Fsp3) is 0.304. The minimum absolute atomic E-state index is 0.475. The number of nitrogens with one attached hydrogen (secondary N) is 1. The quantitative estimate of drug-likeness (QED) is 0.430. The molecular formula is C23H27N7OS. The number of rotatable bonds is 7.